The summed E-state index contributed by atoms with van der Waals surface area (Å²) in [4.78, 5) is 0. The van der Waals surface area contributed by atoms with Crippen LogP contribution in [0.2, 0.25) is 0 Å². The van der Waals surface area contributed by atoms with Gasteiger partial charge in [-0.05, 0) is 26.7 Å². The number of unbranched alkanes of at least 4 members (excludes halogenated alkanes) is 6. The molecule has 2 heterocycles. The van der Waals surface area contributed by atoms with Crippen molar-refractivity contribution in [1.82, 2.24) is 14.0 Å². The van der Waals surface area contributed by atoms with E-state index in [1.807, 2.05) is 0 Å². The Kier molecular flexibility index (Phi) is 7.59. The summed E-state index contributed by atoms with van der Waals surface area (Å²) in [6.45, 7) is 13.0. The average molecular weight is 343 g/mol. The molecule has 4 nitrogen and oxygen atoms in total. The second kappa shape index (κ2) is 8.99. The van der Waals surface area contributed by atoms with E-state index in [2.05, 4.69) is 41.7 Å². The highest BCUT2D eigenvalue weighted by atomic mass is 31.2. The lowest BCUT2D eigenvalue weighted by atomic mass is 10.2. The third-order valence-corrected chi connectivity index (χ3v) is 8.82. The summed E-state index contributed by atoms with van der Waals surface area (Å²) in [6, 6.07) is 1.00. The van der Waals surface area contributed by atoms with E-state index in [4.69, 9.17) is 0 Å². The molecule has 2 aliphatic rings. The van der Waals surface area contributed by atoms with Crippen molar-refractivity contribution in [3.8, 4) is 0 Å². The van der Waals surface area contributed by atoms with E-state index in [1.54, 1.807) is 0 Å². The van der Waals surface area contributed by atoms with Gasteiger partial charge in [0, 0.05) is 38.3 Å². The predicted molar refractivity (Wildman–Crippen MR) is 99.8 cm³/mol. The Morgan fingerprint density at radius 2 is 1.22 bits per heavy atom. The zero-order valence-corrected chi connectivity index (χ0v) is 16.7. The van der Waals surface area contributed by atoms with Crippen LogP contribution in [-0.2, 0) is 4.57 Å². The molecule has 2 saturated heterocycles. The minimum atomic E-state index is -2.46. The van der Waals surface area contributed by atoms with Gasteiger partial charge in [0.1, 0.15) is 0 Å². The van der Waals surface area contributed by atoms with Gasteiger partial charge in [-0.15, -0.1) is 0 Å². The lowest BCUT2D eigenvalue weighted by molar-refractivity contribution is 0.341. The highest BCUT2D eigenvalue weighted by Gasteiger charge is 2.57. The maximum absolute atomic E-state index is 14.0. The molecule has 2 unspecified atom stereocenters. The lowest BCUT2D eigenvalue weighted by Gasteiger charge is -2.34. The van der Waals surface area contributed by atoms with Gasteiger partial charge in [-0.25, -0.2) is 14.0 Å². The fraction of sp³-hybridized carbons (Fsp3) is 1.00. The summed E-state index contributed by atoms with van der Waals surface area (Å²) in [6.07, 6.45) is 10.1. The van der Waals surface area contributed by atoms with Gasteiger partial charge < -0.3 is 0 Å². The van der Waals surface area contributed by atoms with E-state index in [0.717, 1.165) is 26.2 Å². The zero-order valence-electron chi connectivity index (χ0n) is 15.8. The largest absolute Gasteiger partial charge is 0.287 e. The fourth-order valence-electron chi connectivity index (χ4n) is 3.46. The summed E-state index contributed by atoms with van der Waals surface area (Å²) in [7, 11) is -2.46. The summed E-state index contributed by atoms with van der Waals surface area (Å²) in [5.74, 6) is 0. The molecule has 2 fully saturated rings. The Morgan fingerprint density at radius 3 is 1.52 bits per heavy atom. The molecule has 0 aromatic carbocycles. The molecule has 5 heteroatoms. The van der Waals surface area contributed by atoms with Gasteiger partial charge in [0.25, 0.3) is 7.59 Å². The number of hydrogen-bond acceptors (Lipinski definition) is 1. The standard InChI is InChI=1S/C18H38N3OP/c1-5-7-9-11-13-19(14-12-10-8-6-2)23(22,20-15-17(20)3)21-16-18(21)4/h17-18H,5-16H2,1-4H3/t17-,18-,20?,21?,23?/m0/s1. The van der Waals surface area contributed by atoms with Crippen molar-refractivity contribution in [3.63, 3.8) is 0 Å². The minimum Gasteiger partial charge on any atom is -0.270 e. The van der Waals surface area contributed by atoms with Gasteiger partial charge in [-0.1, -0.05) is 52.4 Å². The highest BCUT2D eigenvalue weighted by molar-refractivity contribution is 7.57. The molecule has 23 heavy (non-hydrogen) atoms. The number of hydrogen-bond donors (Lipinski definition) is 0. The lowest BCUT2D eigenvalue weighted by Crippen LogP contribution is -2.30. The van der Waals surface area contributed by atoms with E-state index >= 15 is 0 Å². The highest BCUT2D eigenvalue weighted by Crippen LogP contribution is 2.66. The summed E-state index contributed by atoms with van der Waals surface area (Å²) < 4.78 is 20.9. The van der Waals surface area contributed by atoms with Crippen LogP contribution in [0.15, 0.2) is 0 Å². The first-order chi connectivity index (χ1) is 11.1. The van der Waals surface area contributed by atoms with Crippen molar-refractivity contribution >= 4 is 7.59 Å². The molecule has 2 aliphatic heterocycles. The van der Waals surface area contributed by atoms with Crippen molar-refractivity contribution in [2.75, 3.05) is 26.2 Å². The second-order valence-corrected chi connectivity index (χ2v) is 10.2. The third-order valence-electron chi connectivity index (χ3n) is 5.23. The second-order valence-electron chi connectivity index (χ2n) is 7.53. The molecule has 0 radical (unpaired) electrons. The van der Waals surface area contributed by atoms with Crippen LogP contribution in [0.3, 0.4) is 0 Å². The molecule has 0 aromatic rings. The van der Waals surface area contributed by atoms with Crippen LogP contribution in [0.5, 0.6) is 0 Å². The first-order valence-electron chi connectivity index (χ1n) is 9.95. The maximum atomic E-state index is 14.0. The molecule has 0 spiro atoms. The van der Waals surface area contributed by atoms with E-state index in [9.17, 15) is 4.57 Å². The monoisotopic (exact) mass is 343 g/mol. The molecular formula is C18H38N3OP. The van der Waals surface area contributed by atoms with Crippen LogP contribution in [0.25, 0.3) is 0 Å². The summed E-state index contributed by atoms with van der Waals surface area (Å²) in [5, 5.41) is 0. The first kappa shape index (κ1) is 19.4. The normalized spacial score (nSPS) is 32.0. The molecule has 0 N–H and O–H groups in total. The molecule has 4 atom stereocenters. The van der Waals surface area contributed by atoms with Crippen LogP contribution >= 0.6 is 7.59 Å². The Labute approximate surface area is 144 Å². The van der Waals surface area contributed by atoms with Gasteiger partial charge in [0.2, 0.25) is 0 Å². The number of rotatable bonds is 13. The molecule has 0 aliphatic carbocycles. The van der Waals surface area contributed by atoms with Gasteiger partial charge in [-0.3, -0.25) is 4.57 Å². The topological polar surface area (TPSA) is 26.3 Å². The number of nitrogens with zero attached hydrogens (tertiary/aromatic N) is 3. The van der Waals surface area contributed by atoms with Crippen molar-refractivity contribution in [2.45, 2.75) is 91.1 Å². The van der Waals surface area contributed by atoms with E-state index in [-0.39, 0.29) is 0 Å². The van der Waals surface area contributed by atoms with Gasteiger partial charge in [0.15, 0.2) is 0 Å². The van der Waals surface area contributed by atoms with Crippen LogP contribution < -0.4 is 0 Å². The summed E-state index contributed by atoms with van der Waals surface area (Å²) >= 11 is 0. The maximum Gasteiger partial charge on any atom is 0.287 e. The molecular weight excluding hydrogens is 305 g/mol. The Bertz CT molecular complexity index is 372. The van der Waals surface area contributed by atoms with Crippen molar-refractivity contribution in [3.05, 3.63) is 0 Å². The molecule has 0 bridgehead atoms. The van der Waals surface area contributed by atoms with Crippen LogP contribution in [0, 0.1) is 0 Å². The van der Waals surface area contributed by atoms with Crippen molar-refractivity contribution in [2.24, 2.45) is 0 Å². The summed E-state index contributed by atoms with van der Waals surface area (Å²) in [5.41, 5.74) is 0. The Balaban J connectivity index is 1.98. The fourth-order valence-corrected chi connectivity index (χ4v) is 7.13. The quantitative estimate of drug-likeness (QED) is 0.268. The van der Waals surface area contributed by atoms with E-state index in [0.29, 0.717) is 12.1 Å². The van der Waals surface area contributed by atoms with Gasteiger partial charge >= 0.3 is 0 Å². The third kappa shape index (κ3) is 5.04. The van der Waals surface area contributed by atoms with Crippen molar-refractivity contribution in [1.29, 1.82) is 0 Å². The smallest absolute Gasteiger partial charge is 0.270 e. The zero-order chi connectivity index (χ0) is 16.9. The van der Waals surface area contributed by atoms with Crippen LogP contribution in [0.4, 0.5) is 0 Å². The first-order valence-corrected chi connectivity index (χ1v) is 11.5. The minimum absolute atomic E-state index is 0.502. The van der Waals surface area contributed by atoms with Crippen molar-refractivity contribution < 1.29 is 4.57 Å². The van der Waals surface area contributed by atoms with E-state index < -0.39 is 7.59 Å². The Morgan fingerprint density at radius 1 is 0.826 bits per heavy atom. The average Bonchev–Trinajstić information content (AvgIpc) is 3.43. The molecule has 0 aromatic heterocycles. The molecule has 0 saturated carbocycles. The van der Waals surface area contributed by atoms with Gasteiger partial charge in [-0.2, -0.15) is 0 Å². The molecule has 136 valence electrons. The SMILES string of the molecule is CCCCCCN(CCCCCC)P(=O)(N1C[C@@H]1C)N1C[C@@H]1C. The Hall–Kier alpha value is 0.110. The van der Waals surface area contributed by atoms with E-state index in [1.165, 1.54) is 51.4 Å². The predicted octanol–water partition coefficient (Wildman–Crippen LogP) is 4.97. The molecule has 0 amide bonds. The molecule has 2 rings (SSSR count). The van der Waals surface area contributed by atoms with Crippen LogP contribution in [-0.4, -0.2) is 52.3 Å². The van der Waals surface area contributed by atoms with Gasteiger partial charge in [0.05, 0.1) is 0 Å². The van der Waals surface area contributed by atoms with Crippen LogP contribution in [0.1, 0.15) is 79.1 Å².